The van der Waals surface area contributed by atoms with Crippen LogP contribution in [0.4, 0.5) is 0 Å². The number of hydrogen-bond donors (Lipinski definition) is 2. The molecule has 0 aromatic rings. The molecule has 0 radical (unpaired) electrons. The number of methoxy groups -OCH3 is 1. The molecule has 0 aromatic heterocycles. The van der Waals surface area contributed by atoms with Crippen molar-refractivity contribution < 1.29 is 9.53 Å². The van der Waals surface area contributed by atoms with Crippen molar-refractivity contribution in [3.63, 3.8) is 0 Å². The first kappa shape index (κ1) is 12.5. The van der Waals surface area contributed by atoms with Crippen LogP contribution in [0.1, 0.15) is 19.8 Å². The fraction of sp³-hybridized carbons (Fsp3) is 0.909. The molecule has 1 amide bonds. The molecule has 4 heteroatoms. The van der Waals surface area contributed by atoms with Crippen molar-refractivity contribution in [2.45, 2.75) is 19.8 Å². The Morgan fingerprint density at radius 3 is 2.87 bits per heavy atom. The first-order chi connectivity index (χ1) is 7.25. The smallest absolute Gasteiger partial charge is 0.224 e. The van der Waals surface area contributed by atoms with E-state index in [1.54, 1.807) is 7.11 Å². The Bertz CT molecular complexity index is 197. The molecule has 1 rings (SSSR count). The van der Waals surface area contributed by atoms with Crippen molar-refractivity contribution in [2.75, 3.05) is 33.4 Å². The molecule has 0 aromatic carbocycles. The van der Waals surface area contributed by atoms with Gasteiger partial charge in [0.15, 0.2) is 0 Å². The van der Waals surface area contributed by atoms with Gasteiger partial charge >= 0.3 is 0 Å². The van der Waals surface area contributed by atoms with Crippen LogP contribution >= 0.6 is 0 Å². The molecule has 1 saturated heterocycles. The van der Waals surface area contributed by atoms with Crippen LogP contribution in [0.15, 0.2) is 0 Å². The zero-order chi connectivity index (χ0) is 11.1. The average molecular weight is 214 g/mol. The molecule has 0 saturated carbocycles. The Hall–Kier alpha value is -0.610. The predicted octanol–water partition coefficient (Wildman–Crippen LogP) is 0.385. The van der Waals surface area contributed by atoms with Crippen molar-refractivity contribution in [2.24, 2.45) is 11.8 Å². The average Bonchev–Trinajstić information content (AvgIpc) is 2.64. The maximum atomic E-state index is 11.7. The Labute approximate surface area is 91.8 Å². The minimum Gasteiger partial charge on any atom is -0.385 e. The van der Waals surface area contributed by atoms with E-state index in [2.05, 4.69) is 17.6 Å². The topological polar surface area (TPSA) is 50.4 Å². The van der Waals surface area contributed by atoms with E-state index in [9.17, 15) is 4.79 Å². The van der Waals surface area contributed by atoms with Crippen LogP contribution < -0.4 is 10.6 Å². The van der Waals surface area contributed by atoms with Gasteiger partial charge in [0.2, 0.25) is 5.91 Å². The van der Waals surface area contributed by atoms with Crippen molar-refractivity contribution >= 4 is 5.91 Å². The summed E-state index contributed by atoms with van der Waals surface area (Å²) in [6.45, 7) is 5.45. The van der Waals surface area contributed by atoms with Crippen LogP contribution in [0, 0.1) is 11.8 Å². The molecular formula is C11H22N2O2. The summed E-state index contributed by atoms with van der Waals surface area (Å²) in [5, 5.41) is 6.21. The van der Waals surface area contributed by atoms with E-state index in [-0.39, 0.29) is 11.8 Å². The van der Waals surface area contributed by atoms with E-state index in [0.717, 1.165) is 39.1 Å². The lowest BCUT2D eigenvalue weighted by atomic mass is 9.97. The lowest BCUT2D eigenvalue weighted by Crippen LogP contribution is -2.34. The normalized spacial score (nSPS) is 25.5. The molecule has 1 fully saturated rings. The molecule has 88 valence electrons. The summed E-state index contributed by atoms with van der Waals surface area (Å²) in [6.07, 6.45) is 2.00. The lowest BCUT2D eigenvalue weighted by molar-refractivity contribution is -0.125. The lowest BCUT2D eigenvalue weighted by Gasteiger charge is -2.13. The molecule has 1 heterocycles. The largest absolute Gasteiger partial charge is 0.385 e. The number of carbonyl (C=O) groups excluding carboxylic acids is 1. The van der Waals surface area contributed by atoms with Gasteiger partial charge in [-0.25, -0.2) is 0 Å². The molecule has 0 aliphatic carbocycles. The second-order valence-corrected chi connectivity index (χ2v) is 4.23. The quantitative estimate of drug-likeness (QED) is 0.629. The zero-order valence-corrected chi connectivity index (χ0v) is 9.71. The second-order valence-electron chi connectivity index (χ2n) is 4.23. The SMILES string of the molecule is COCCCCNC(=O)C1CNCC1C. The van der Waals surface area contributed by atoms with Gasteiger partial charge in [-0.1, -0.05) is 6.92 Å². The molecule has 0 bridgehead atoms. The summed E-state index contributed by atoms with van der Waals surface area (Å²) in [7, 11) is 1.70. The molecular weight excluding hydrogens is 192 g/mol. The van der Waals surface area contributed by atoms with Gasteiger partial charge in [0, 0.05) is 26.8 Å². The molecule has 2 N–H and O–H groups in total. The number of ether oxygens (including phenoxy) is 1. The number of carbonyl (C=O) groups is 1. The second kappa shape index (κ2) is 6.80. The Morgan fingerprint density at radius 1 is 1.47 bits per heavy atom. The minimum atomic E-state index is 0.160. The molecule has 0 spiro atoms. The van der Waals surface area contributed by atoms with Gasteiger partial charge in [-0.15, -0.1) is 0 Å². The van der Waals surface area contributed by atoms with E-state index in [4.69, 9.17) is 4.74 Å². The van der Waals surface area contributed by atoms with E-state index in [1.165, 1.54) is 0 Å². The third-order valence-electron chi connectivity index (χ3n) is 2.93. The summed E-state index contributed by atoms with van der Waals surface area (Å²) in [5.41, 5.74) is 0. The highest BCUT2D eigenvalue weighted by Gasteiger charge is 2.28. The first-order valence-electron chi connectivity index (χ1n) is 5.73. The van der Waals surface area contributed by atoms with E-state index >= 15 is 0 Å². The number of amides is 1. The van der Waals surface area contributed by atoms with Gasteiger partial charge < -0.3 is 15.4 Å². The molecule has 2 unspecified atom stereocenters. The number of unbranched alkanes of at least 4 members (excludes halogenated alkanes) is 1. The van der Waals surface area contributed by atoms with Gasteiger partial charge in [-0.2, -0.15) is 0 Å². The monoisotopic (exact) mass is 214 g/mol. The molecule has 15 heavy (non-hydrogen) atoms. The van der Waals surface area contributed by atoms with Crippen LogP contribution in [-0.2, 0) is 9.53 Å². The predicted molar refractivity (Wildman–Crippen MR) is 59.6 cm³/mol. The van der Waals surface area contributed by atoms with Crippen molar-refractivity contribution in [1.29, 1.82) is 0 Å². The molecule has 1 aliphatic rings. The fourth-order valence-corrected chi connectivity index (χ4v) is 1.88. The van der Waals surface area contributed by atoms with Crippen molar-refractivity contribution in [3.8, 4) is 0 Å². The molecule has 2 atom stereocenters. The fourth-order valence-electron chi connectivity index (χ4n) is 1.88. The van der Waals surface area contributed by atoms with Crippen LogP contribution in [0.3, 0.4) is 0 Å². The highest BCUT2D eigenvalue weighted by Crippen LogP contribution is 2.15. The van der Waals surface area contributed by atoms with Crippen molar-refractivity contribution in [1.82, 2.24) is 10.6 Å². The third kappa shape index (κ3) is 4.18. The van der Waals surface area contributed by atoms with Gasteiger partial charge in [0.05, 0.1) is 5.92 Å². The van der Waals surface area contributed by atoms with Gasteiger partial charge in [0.1, 0.15) is 0 Å². The zero-order valence-electron chi connectivity index (χ0n) is 9.71. The number of nitrogens with one attached hydrogen (secondary N) is 2. The Kier molecular flexibility index (Phi) is 5.65. The Balaban J connectivity index is 2.08. The van der Waals surface area contributed by atoms with E-state index < -0.39 is 0 Å². The summed E-state index contributed by atoms with van der Waals surface area (Å²) in [6, 6.07) is 0. The van der Waals surface area contributed by atoms with Crippen LogP contribution in [0.5, 0.6) is 0 Å². The Morgan fingerprint density at radius 2 is 2.27 bits per heavy atom. The summed E-state index contributed by atoms with van der Waals surface area (Å²) < 4.78 is 4.94. The van der Waals surface area contributed by atoms with E-state index in [0.29, 0.717) is 5.92 Å². The summed E-state index contributed by atoms with van der Waals surface area (Å²) in [4.78, 5) is 11.7. The summed E-state index contributed by atoms with van der Waals surface area (Å²) in [5.74, 6) is 0.821. The number of hydrogen-bond acceptors (Lipinski definition) is 3. The minimum absolute atomic E-state index is 0.160. The maximum absolute atomic E-state index is 11.7. The first-order valence-corrected chi connectivity index (χ1v) is 5.73. The highest BCUT2D eigenvalue weighted by molar-refractivity contribution is 5.79. The van der Waals surface area contributed by atoms with Crippen molar-refractivity contribution in [3.05, 3.63) is 0 Å². The number of rotatable bonds is 6. The van der Waals surface area contributed by atoms with Gasteiger partial charge in [0.25, 0.3) is 0 Å². The maximum Gasteiger partial charge on any atom is 0.224 e. The van der Waals surface area contributed by atoms with Crippen LogP contribution in [0.25, 0.3) is 0 Å². The highest BCUT2D eigenvalue weighted by atomic mass is 16.5. The third-order valence-corrected chi connectivity index (χ3v) is 2.93. The van der Waals surface area contributed by atoms with E-state index in [1.807, 2.05) is 0 Å². The van der Waals surface area contributed by atoms with Crippen LogP contribution in [0.2, 0.25) is 0 Å². The van der Waals surface area contributed by atoms with Crippen LogP contribution in [-0.4, -0.2) is 39.3 Å². The molecule has 4 nitrogen and oxygen atoms in total. The summed E-state index contributed by atoms with van der Waals surface area (Å²) >= 11 is 0. The van der Waals surface area contributed by atoms with Gasteiger partial charge in [-0.3, -0.25) is 4.79 Å². The molecule has 1 aliphatic heterocycles. The van der Waals surface area contributed by atoms with Gasteiger partial charge in [-0.05, 0) is 25.3 Å². The standard InChI is InChI=1S/C11H22N2O2/c1-9-7-12-8-10(9)11(14)13-5-3-4-6-15-2/h9-10,12H,3-8H2,1-2H3,(H,13,14).